The number of imidazole rings is 1. The quantitative estimate of drug-likeness (QED) is 0.805. The number of H-pyrrole nitrogens is 1. The van der Waals surface area contributed by atoms with Crippen molar-refractivity contribution in [1.82, 2.24) is 9.97 Å². The number of fused-ring (bicyclic) bond motifs is 1. The average molecular weight is 241 g/mol. The highest BCUT2D eigenvalue weighted by molar-refractivity contribution is 9.10. The molecule has 0 aliphatic rings. The van der Waals surface area contributed by atoms with E-state index < -0.39 is 6.10 Å². The number of rotatable bonds is 1. The maximum atomic E-state index is 9.29. The van der Waals surface area contributed by atoms with Gasteiger partial charge in [0.25, 0.3) is 0 Å². The van der Waals surface area contributed by atoms with Gasteiger partial charge in [-0.2, -0.15) is 0 Å². The molecule has 0 fully saturated rings. The van der Waals surface area contributed by atoms with Crippen LogP contribution < -0.4 is 0 Å². The third kappa shape index (κ3) is 1.59. The summed E-state index contributed by atoms with van der Waals surface area (Å²) in [4.78, 5) is 7.27. The molecule has 4 heteroatoms. The van der Waals surface area contributed by atoms with Crippen molar-refractivity contribution in [3.8, 4) is 0 Å². The standard InChI is InChI=1S/C9H9BrN2O/c1-5(13)9-11-7-3-2-6(10)4-8(7)12-9/h2-5,13H,1H3,(H,11,12)/t5-/m1/s1. The van der Waals surface area contributed by atoms with E-state index in [-0.39, 0.29) is 0 Å². The largest absolute Gasteiger partial charge is 0.385 e. The summed E-state index contributed by atoms with van der Waals surface area (Å²) in [5.41, 5.74) is 1.81. The minimum absolute atomic E-state index is 0.550. The van der Waals surface area contributed by atoms with Crippen LogP contribution >= 0.6 is 15.9 Å². The minimum Gasteiger partial charge on any atom is -0.385 e. The van der Waals surface area contributed by atoms with Crippen LogP contribution in [0.2, 0.25) is 0 Å². The molecule has 0 aliphatic heterocycles. The first kappa shape index (κ1) is 8.72. The van der Waals surface area contributed by atoms with E-state index in [9.17, 15) is 5.11 Å². The van der Waals surface area contributed by atoms with Crippen molar-refractivity contribution in [3.05, 3.63) is 28.5 Å². The Labute approximate surface area is 83.9 Å². The lowest BCUT2D eigenvalue weighted by Crippen LogP contribution is -1.92. The topological polar surface area (TPSA) is 48.9 Å². The Morgan fingerprint density at radius 1 is 1.54 bits per heavy atom. The van der Waals surface area contributed by atoms with Crippen LogP contribution in [0.4, 0.5) is 0 Å². The van der Waals surface area contributed by atoms with E-state index in [1.165, 1.54) is 0 Å². The molecule has 0 spiro atoms. The number of hydrogen-bond donors (Lipinski definition) is 2. The Morgan fingerprint density at radius 2 is 2.31 bits per heavy atom. The molecule has 2 aromatic rings. The highest BCUT2D eigenvalue weighted by Crippen LogP contribution is 2.19. The first-order valence-corrected chi connectivity index (χ1v) is 4.79. The lowest BCUT2D eigenvalue weighted by atomic mass is 10.3. The predicted molar refractivity (Wildman–Crippen MR) is 54.4 cm³/mol. The molecule has 13 heavy (non-hydrogen) atoms. The number of aromatic amines is 1. The fraction of sp³-hybridized carbons (Fsp3) is 0.222. The number of nitrogens with one attached hydrogen (secondary N) is 1. The van der Waals surface area contributed by atoms with Crippen LogP contribution in [0.1, 0.15) is 18.9 Å². The summed E-state index contributed by atoms with van der Waals surface area (Å²) >= 11 is 3.37. The molecular weight excluding hydrogens is 232 g/mol. The van der Waals surface area contributed by atoms with Crippen LogP contribution in [-0.4, -0.2) is 15.1 Å². The molecule has 0 amide bonds. The number of hydrogen-bond acceptors (Lipinski definition) is 2. The van der Waals surface area contributed by atoms with Crippen molar-refractivity contribution in [1.29, 1.82) is 0 Å². The fourth-order valence-corrected chi connectivity index (χ4v) is 1.56. The monoisotopic (exact) mass is 240 g/mol. The normalized spacial score (nSPS) is 13.5. The molecule has 1 atom stereocenters. The van der Waals surface area contributed by atoms with Crippen LogP contribution in [0.25, 0.3) is 11.0 Å². The van der Waals surface area contributed by atoms with E-state index in [0.717, 1.165) is 15.5 Å². The molecule has 0 bridgehead atoms. The molecule has 68 valence electrons. The van der Waals surface area contributed by atoms with Crippen molar-refractivity contribution in [2.24, 2.45) is 0 Å². The first-order chi connectivity index (χ1) is 6.16. The number of nitrogens with zero attached hydrogens (tertiary/aromatic N) is 1. The Balaban J connectivity index is 2.62. The molecule has 1 aromatic heterocycles. The zero-order chi connectivity index (χ0) is 9.42. The number of aliphatic hydroxyl groups excluding tert-OH is 1. The van der Waals surface area contributed by atoms with Crippen LogP contribution in [-0.2, 0) is 0 Å². The zero-order valence-corrected chi connectivity index (χ0v) is 8.67. The van der Waals surface area contributed by atoms with Gasteiger partial charge in [0.1, 0.15) is 11.9 Å². The van der Waals surface area contributed by atoms with Gasteiger partial charge in [0.05, 0.1) is 11.0 Å². The van der Waals surface area contributed by atoms with E-state index in [1.807, 2.05) is 18.2 Å². The zero-order valence-electron chi connectivity index (χ0n) is 7.08. The molecule has 0 radical (unpaired) electrons. The molecule has 0 aliphatic carbocycles. The number of aliphatic hydroxyl groups is 1. The third-order valence-electron chi connectivity index (χ3n) is 1.86. The van der Waals surface area contributed by atoms with Gasteiger partial charge in [-0.05, 0) is 25.1 Å². The summed E-state index contributed by atoms with van der Waals surface area (Å²) in [5, 5.41) is 9.29. The first-order valence-electron chi connectivity index (χ1n) is 4.00. The maximum Gasteiger partial charge on any atom is 0.135 e. The second-order valence-corrected chi connectivity index (χ2v) is 3.88. The molecule has 2 rings (SSSR count). The van der Waals surface area contributed by atoms with Gasteiger partial charge in [0.2, 0.25) is 0 Å². The van der Waals surface area contributed by atoms with Crippen molar-refractivity contribution in [2.75, 3.05) is 0 Å². The second-order valence-electron chi connectivity index (χ2n) is 2.96. The van der Waals surface area contributed by atoms with E-state index in [2.05, 4.69) is 25.9 Å². The number of aromatic nitrogens is 2. The summed E-state index contributed by atoms with van der Waals surface area (Å²) < 4.78 is 1.00. The smallest absolute Gasteiger partial charge is 0.135 e. The van der Waals surface area contributed by atoms with Crippen molar-refractivity contribution < 1.29 is 5.11 Å². The van der Waals surface area contributed by atoms with Crippen molar-refractivity contribution in [3.63, 3.8) is 0 Å². The SMILES string of the molecule is C[C@@H](O)c1nc2ccc(Br)cc2[nH]1. The van der Waals surface area contributed by atoms with E-state index in [1.54, 1.807) is 6.92 Å². The van der Waals surface area contributed by atoms with Crippen LogP contribution in [0, 0.1) is 0 Å². The Bertz CT molecular complexity index is 436. The Morgan fingerprint density at radius 3 is 3.00 bits per heavy atom. The molecular formula is C9H9BrN2O. The molecule has 0 unspecified atom stereocenters. The van der Waals surface area contributed by atoms with Crippen LogP contribution in [0.3, 0.4) is 0 Å². The Kier molecular flexibility index (Phi) is 2.09. The van der Waals surface area contributed by atoms with Crippen LogP contribution in [0.15, 0.2) is 22.7 Å². The number of halogens is 1. The second kappa shape index (κ2) is 3.12. The number of benzene rings is 1. The van der Waals surface area contributed by atoms with Gasteiger partial charge >= 0.3 is 0 Å². The summed E-state index contributed by atoms with van der Waals surface area (Å²) in [5.74, 6) is 0.605. The lowest BCUT2D eigenvalue weighted by Gasteiger charge is -1.95. The lowest BCUT2D eigenvalue weighted by molar-refractivity contribution is 0.190. The highest BCUT2D eigenvalue weighted by Gasteiger charge is 2.06. The predicted octanol–water partition coefficient (Wildman–Crippen LogP) is 2.38. The average Bonchev–Trinajstić information content (AvgIpc) is 2.46. The summed E-state index contributed by atoms with van der Waals surface area (Å²) in [7, 11) is 0. The molecule has 3 nitrogen and oxygen atoms in total. The highest BCUT2D eigenvalue weighted by atomic mass is 79.9. The van der Waals surface area contributed by atoms with Gasteiger partial charge in [-0.1, -0.05) is 15.9 Å². The van der Waals surface area contributed by atoms with E-state index in [0.29, 0.717) is 5.82 Å². The van der Waals surface area contributed by atoms with E-state index >= 15 is 0 Å². The van der Waals surface area contributed by atoms with Crippen molar-refractivity contribution >= 4 is 27.0 Å². The summed E-state index contributed by atoms with van der Waals surface area (Å²) in [6.45, 7) is 1.69. The van der Waals surface area contributed by atoms with Gasteiger partial charge in [-0.15, -0.1) is 0 Å². The van der Waals surface area contributed by atoms with E-state index in [4.69, 9.17) is 0 Å². The Hall–Kier alpha value is -0.870. The molecule has 1 heterocycles. The van der Waals surface area contributed by atoms with Crippen LogP contribution in [0.5, 0.6) is 0 Å². The molecule has 1 aromatic carbocycles. The molecule has 0 saturated heterocycles. The van der Waals surface area contributed by atoms with Gasteiger partial charge in [0, 0.05) is 4.47 Å². The van der Waals surface area contributed by atoms with Gasteiger partial charge in [0.15, 0.2) is 0 Å². The van der Waals surface area contributed by atoms with Gasteiger partial charge in [-0.25, -0.2) is 4.98 Å². The maximum absolute atomic E-state index is 9.29. The summed E-state index contributed by atoms with van der Waals surface area (Å²) in [6.07, 6.45) is -0.550. The summed E-state index contributed by atoms with van der Waals surface area (Å²) in [6, 6.07) is 5.77. The fourth-order valence-electron chi connectivity index (χ4n) is 1.20. The van der Waals surface area contributed by atoms with Gasteiger partial charge < -0.3 is 10.1 Å². The molecule has 0 saturated carbocycles. The molecule has 2 N–H and O–H groups in total. The third-order valence-corrected chi connectivity index (χ3v) is 2.35. The minimum atomic E-state index is -0.550. The van der Waals surface area contributed by atoms with Crippen molar-refractivity contribution in [2.45, 2.75) is 13.0 Å². The van der Waals surface area contributed by atoms with Gasteiger partial charge in [-0.3, -0.25) is 0 Å².